The van der Waals surface area contributed by atoms with E-state index < -0.39 is 0 Å². The highest BCUT2D eigenvalue weighted by Gasteiger charge is 2.31. The molecule has 2 heterocycles. The molecule has 2 amide bonds. The molecule has 0 spiro atoms. The standard InChI is InChI=1S/C19H27N5O3.HI/c1-20-19(21-12-18(26)23-8-3-4-9-23)22-14-10-17(25)24(13-14)15-6-5-7-16(11-15)27-2;/h5-7,11,14H,3-4,8-10,12-13H2,1-2H3,(H2,20,21,22);1H. The van der Waals surface area contributed by atoms with Crippen molar-refractivity contribution in [2.45, 2.75) is 25.3 Å². The molecule has 1 atom stereocenters. The average molecular weight is 501 g/mol. The number of anilines is 1. The van der Waals surface area contributed by atoms with E-state index in [1.54, 1.807) is 19.1 Å². The van der Waals surface area contributed by atoms with Gasteiger partial charge in [0, 0.05) is 44.9 Å². The summed E-state index contributed by atoms with van der Waals surface area (Å²) in [4.78, 5) is 32.4. The highest BCUT2D eigenvalue weighted by molar-refractivity contribution is 14.0. The van der Waals surface area contributed by atoms with Crippen molar-refractivity contribution in [3.05, 3.63) is 24.3 Å². The van der Waals surface area contributed by atoms with E-state index in [0.29, 0.717) is 18.9 Å². The number of hydrogen-bond donors (Lipinski definition) is 2. The van der Waals surface area contributed by atoms with Gasteiger partial charge in [-0.25, -0.2) is 0 Å². The summed E-state index contributed by atoms with van der Waals surface area (Å²) in [6, 6.07) is 7.39. The molecule has 2 fully saturated rings. The second-order valence-corrected chi connectivity index (χ2v) is 6.76. The summed E-state index contributed by atoms with van der Waals surface area (Å²) in [6.45, 7) is 2.41. The van der Waals surface area contributed by atoms with Gasteiger partial charge in [-0.15, -0.1) is 24.0 Å². The van der Waals surface area contributed by atoms with Crippen LogP contribution in [0.15, 0.2) is 29.3 Å². The minimum absolute atomic E-state index is 0. The zero-order valence-electron chi connectivity index (χ0n) is 16.3. The number of aliphatic imine (C=N–C) groups is 1. The molecule has 2 aliphatic heterocycles. The number of hydrogen-bond acceptors (Lipinski definition) is 4. The van der Waals surface area contributed by atoms with Crippen molar-refractivity contribution in [3.8, 4) is 5.75 Å². The summed E-state index contributed by atoms with van der Waals surface area (Å²) in [6.07, 6.45) is 2.52. The van der Waals surface area contributed by atoms with Crippen LogP contribution >= 0.6 is 24.0 Å². The number of likely N-dealkylation sites (tertiary alicyclic amines) is 1. The molecule has 28 heavy (non-hydrogen) atoms. The van der Waals surface area contributed by atoms with Crippen LogP contribution in [0, 0.1) is 0 Å². The fraction of sp³-hybridized carbons (Fsp3) is 0.526. The van der Waals surface area contributed by atoms with Crippen LogP contribution < -0.4 is 20.3 Å². The number of carbonyl (C=O) groups is 2. The SMILES string of the molecule is CN=C(NCC(=O)N1CCCC1)NC1CC(=O)N(c2cccc(OC)c2)C1.I. The fourth-order valence-electron chi connectivity index (χ4n) is 3.46. The van der Waals surface area contributed by atoms with Gasteiger partial charge < -0.3 is 25.2 Å². The Balaban J connectivity index is 0.00000280. The summed E-state index contributed by atoms with van der Waals surface area (Å²) in [7, 11) is 3.26. The second-order valence-electron chi connectivity index (χ2n) is 6.76. The third-order valence-electron chi connectivity index (χ3n) is 4.92. The Morgan fingerprint density at radius 3 is 2.75 bits per heavy atom. The van der Waals surface area contributed by atoms with E-state index in [1.165, 1.54) is 0 Å². The number of benzene rings is 1. The first-order valence-electron chi connectivity index (χ1n) is 9.30. The van der Waals surface area contributed by atoms with Gasteiger partial charge >= 0.3 is 0 Å². The van der Waals surface area contributed by atoms with Crippen LogP contribution in [0.3, 0.4) is 0 Å². The number of ether oxygens (including phenoxy) is 1. The van der Waals surface area contributed by atoms with Gasteiger partial charge in [-0.05, 0) is 25.0 Å². The van der Waals surface area contributed by atoms with Gasteiger partial charge in [0.2, 0.25) is 11.8 Å². The Bertz CT molecular complexity index is 721. The quantitative estimate of drug-likeness (QED) is 0.360. The number of halogens is 1. The molecule has 1 aromatic rings. The molecule has 2 saturated heterocycles. The predicted molar refractivity (Wildman–Crippen MR) is 119 cm³/mol. The lowest BCUT2D eigenvalue weighted by Gasteiger charge is -2.20. The second kappa shape index (κ2) is 10.5. The third-order valence-corrected chi connectivity index (χ3v) is 4.92. The molecule has 9 heteroatoms. The van der Waals surface area contributed by atoms with Gasteiger partial charge in [-0.2, -0.15) is 0 Å². The highest BCUT2D eigenvalue weighted by Crippen LogP contribution is 2.25. The van der Waals surface area contributed by atoms with E-state index >= 15 is 0 Å². The lowest BCUT2D eigenvalue weighted by Crippen LogP contribution is -2.48. The van der Waals surface area contributed by atoms with E-state index in [-0.39, 0.29) is 48.4 Å². The zero-order chi connectivity index (χ0) is 19.2. The first-order chi connectivity index (χ1) is 13.1. The van der Waals surface area contributed by atoms with Crippen LogP contribution in [0.2, 0.25) is 0 Å². The molecule has 1 unspecified atom stereocenters. The Hall–Kier alpha value is -2.04. The smallest absolute Gasteiger partial charge is 0.241 e. The Morgan fingerprint density at radius 1 is 1.32 bits per heavy atom. The molecule has 8 nitrogen and oxygen atoms in total. The molecule has 154 valence electrons. The average Bonchev–Trinajstić information content (AvgIpc) is 3.34. The van der Waals surface area contributed by atoms with Crippen molar-refractivity contribution < 1.29 is 14.3 Å². The molecule has 1 aromatic carbocycles. The topological polar surface area (TPSA) is 86.3 Å². The van der Waals surface area contributed by atoms with Gasteiger partial charge in [-0.3, -0.25) is 14.6 Å². The first kappa shape index (κ1) is 22.3. The molecule has 2 N–H and O–H groups in total. The van der Waals surface area contributed by atoms with Crippen molar-refractivity contribution in [2.24, 2.45) is 4.99 Å². The summed E-state index contributed by atoms with van der Waals surface area (Å²) in [5.74, 6) is 1.38. The summed E-state index contributed by atoms with van der Waals surface area (Å²) < 4.78 is 5.24. The summed E-state index contributed by atoms with van der Waals surface area (Å²) in [5, 5.41) is 6.30. The lowest BCUT2D eigenvalue weighted by atomic mass is 10.2. The van der Waals surface area contributed by atoms with Crippen molar-refractivity contribution in [1.29, 1.82) is 0 Å². The monoisotopic (exact) mass is 501 g/mol. The number of amides is 2. The van der Waals surface area contributed by atoms with Crippen LogP contribution in [-0.4, -0.2) is 69.1 Å². The van der Waals surface area contributed by atoms with Crippen molar-refractivity contribution in [3.63, 3.8) is 0 Å². The maximum atomic E-state index is 12.4. The molecule has 0 aromatic heterocycles. The van der Waals surface area contributed by atoms with E-state index in [9.17, 15) is 9.59 Å². The molecule has 0 bridgehead atoms. The van der Waals surface area contributed by atoms with Gasteiger partial charge in [0.05, 0.1) is 19.7 Å². The number of nitrogens with zero attached hydrogens (tertiary/aromatic N) is 3. The van der Waals surface area contributed by atoms with Crippen LogP contribution in [0.5, 0.6) is 5.75 Å². The highest BCUT2D eigenvalue weighted by atomic mass is 127. The molecule has 0 aliphatic carbocycles. The van der Waals surface area contributed by atoms with Crippen molar-refractivity contribution in [1.82, 2.24) is 15.5 Å². The summed E-state index contributed by atoms with van der Waals surface area (Å²) in [5.41, 5.74) is 0.816. The number of nitrogens with one attached hydrogen (secondary N) is 2. The van der Waals surface area contributed by atoms with Gasteiger partial charge in [0.1, 0.15) is 5.75 Å². The maximum Gasteiger partial charge on any atom is 0.241 e. The maximum absolute atomic E-state index is 12.4. The van der Waals surface area contributed by atoms with Gasteiger partial charge in [-0.1, -0.05) is 6.07 Å². The van der Waals surface area contributed by atoms with Gasteiger partial charge in [0.15, 0.2) is 5.96 Å². The molecule has 0 saturated carbocycles. The Kier molecular flexibility index (Phi) is 8.34. The van der Waals surface area contributed by atoms with E-state index in [2.05, 4.69) is 15.6 Å². The molecule has 3 rings (SSSR count). The molecule has 0 radical (unpaired) electrons. The normalized spacial score (nSPS) is 19.4. The Morgan fingerprint density at radius 2 is 2.07 bits per heavy atom. The summed E-state index contributed by atoms with van der Waals surface area (Å²) >= 11 is 0. The lowest BCUT2D eigenvalue weighted by molar-refractivity contribution is -0.128. The molecule has 2 aliphatic rings. The van der Waals surface area contributed by atoms with Crippen molar-refractivity contribution >= 4 is 47.4 Å². The van der Waals surface area contributed by atoms with E-state index in [4.69, 9.17) is 4.74 Å². The minimum atomic E-state index is -0.0724. The van der Waals surface area contributed by atoms with Gasteiger partial charge in [0.25, 0.3) is 0 Å². The van der Waals surface area contributed by atoms with Crippen LogP contribution in [0.1, 0.15) is 19.3 Å². The fourth-order valence-corrected chi connectivity index (χ4v) is 3.46. The van der Waals surface area contributed by atoms with Crippen LogP contribution in [-0.2, 0) is 9.59 Å². The third kappa shape index (κ3) is 5.49. The number of methoxy groups -OCH3 is 1. The number of guanidine groups is 1. The van der Waals surface area contributed by atoms with Crippen molar-refractivity contribution in [2.75, 3.05) is 45.2 Å². The molecular formula is C19H28IN5O3. The minimum Gasteiger partial charge on any atom is -0.497 e. The zero-order valence-corrected chi connectivity index (χ0v) is 18.6. The molecular weight excluding hydrogens is 473 g/mol. The van der Waals surface area contributed by atoms with E-state index in [1.807, 2.05) is 29.2 Å². The van der Waals surface area contributed by atoms with Crippen LogP contribution in [0.4, 0.5) is 5.69 Å². The first-order valence-corrected chi connectivity index (χ1v) is 9.30. The number of rotatable bonds is 5. The number of carbonyl (C=O) groups excluding carboxylic acids is 2. The Labute approximate surface area is 182 Å². The largest absolute Gasteiger partial charge is 0.497 e. The van der Waals surface area contributed by atoms with E-state index in [0.717, 1.165) is 37.4 Å². The van der Waals surface area contributed by atoms with Crippen LogP contribution in [0.25, 0.3) is 0 Å². The predicted octanol–water partition coefficient (Wildman–Crippen LogP) is 1.21.